The highest BCUT2D eigenvalue weighted by atomic mass is 32.2. The summed E-state index contributed by atoms with van der Waals surface area (Å²) >= 11 is 0. The van der Waals surface area contributed by atoms with E-state index >= 15 is 0 Å². The number of nitrogens with zero attached hydrogens (tertiary/aromatic N) is 1. The zero-order valence-electron chi connectivity index (χ0n) is 13.4. The third-order valence-electron chi connectivity index (χ3n) is 3.64. The molecule has 4 nitrogen and oxygen atoms in total. The fraction of sp³-hybridized carbons (Fsp3) is 0.533. The van der Waals surface area contributed by atoms with Crippen LogP contribution in [0.15, 0.2) is 17.0 Å². The third-order valence-corrected chi connectivity index (χ3v) is 6.27. The Morgan fingerprint density at radius 2 is 2.09 bits per heavy atom. The van der Waals surface area contributed by atoms with Crippen LogP contribution in [0.1, 0.15) is 5.56 Å². The van der Waals surface area contributed by atoms with Crippen molar-refractivity contribution in [3.8, 4) is 0 Å². The van der Waals surface area contributed by atoms with Crippen molar-refractivity contribution in [2.24, 2.45) is 0 Å². The molecule has 0 spiro atoms. The van der Waals surface area contributed by atoms with E-state index in [9.17, 15) is 13.4 Å². The first-order valence-electron chi connectivity index (χ1n) is 7.29. The molecule has 22 heavy (non-hydrogen) atoms. The first kappa shape index (κ1) is 17.1. The lowest BCUT2D eigenvalue weighted by atomic mass is 10.1. The number of carbonyl (C=O) groups excluding carboxylic acids is 1. The number of anilines is 1. The van der Waals surface area contributed by atoms with Crippen LogP contribution < -0.4 is 4.90 Å². The molecule has 0 aliphatic carbocycles. The Hall–Kier alpha value is -1.21. The highest BCUT2D eigenvalue weighted by molar-refractivity contribution is 7.84. The van der Waals surface area contributed by atoms with Gasteiger partial charge in [0, 0.05) is 20.9 Å². The molecular formula is C15H22FNO3SSi. The van der Waals surface area contributed by atoms with Gasteiger partial charge in [-0.1, -0.05) is 19.6 Å². The molecule has 2 rings (SSSR count). The molecule has 0 fully saturated rings. The number of hydrogen-bond acceptors (Lipinski definition) is 3. The second-order valence-corrected chi connectivity index (χ2v) is 13.7. The van der Waals surface area contributed by atoms with Crippen LogP contribution in [0.25, 0.3) is 0 Å². The molecule has 1 unspecified atom stereocenters. The average Bonchev–Trinajstić information content (AvgIpc) is 2.78. The Morgan fingerprint density at radius 1 is 1.41 bits per heavy atom. The molecule has 0 bridgehead atoms. The summed E-state index contributed by atoms with van der Waals surface area (Å²) in [6, 6.07) is 3.79. The number of hydrogen-bond donors (Lipinski definition) is 0. The summed E-state index contributed by atoms with van der Waals surface area (Å²) in [4.78, 5) is 13.8. The predicted molar refractivity (Wildman–Crippen MR) is 89.3 cm³/mol. The quantitative estimate of drug-likeness (QED) is 0.787. The van der Waals surface area contributed by atoms with Gasteiger partial charge < -0.3 is 4.74 Å². The second-order valence-electron chi connectivity index (χ2n) is 6.69. The fourth-order valence-electron chi connectivity index (χ4n) is 2.32. The molecule has 7 heteroatoms. The van der Waals surface area contributed by atoms with Crippen molar-refractivity contribution in [3.63, 3.8) is 0 Å². The van der Waals surface area contributed by atoms with E-state index in [1.165, 1.54) is 23.3 Å². The summed E-state index contributed by atoms with van der Waals surface area (Å²) in [7, 11) is -2.68. The normalized spacial score (nSPS) is 15.6. The SMILES string of the molecule is CS(=O)c1cc2c(cc1F)CCN2C(=O)OCC[Si](C)(C)C. The van der Waals surface area contributed by atoms with Gasteiger partial charge in [-0.05, 0) is 30.2 Å². The monoisotopic (exact) mass is 343 g/mol. The molecule has 1 heterocycles. The van der Waals surface area contributed by atoms with E-state index in [0.717, 1.165) is 11.6 Å². The van der Waals surface area contributed by atoms with E-state index < -0.39 is 30.8 Å². The van der Waals surface area contributed by atoms with Gasteiger partial charge in [0.2, 0.25) is 0 Å². The van der Waals surface area contributed by atoms with Gasteiger partial charge in [-0.15, -0.1) is 0 Å². The van der Waals surface area contributed by atoms with Crippen LogP contribution in [-0.4, -0.2) is 37.8 Å². The Labute approximate surface area is 134 Å². The molecule has 0 aromatic heterocycles. The summed E-state index contributed by atoms with van der Waals surface area (Å²) < 4.78 is 30.7. The van der Waals surface area contributed by atoms with Gasteiger partial charge in [-0.25, -0.2) is 9.18 Å². The minimum atomic E-state index is -1.43. The smallest absolute Gasteiger partial charge is 0.414 e. The van der Waals surface area contributed by atoms with Crippen molar-refractivity contribution in [1.82, 2.24) is 0 Å². The van der Waals surface area contributed by atoms with Crippen LogP contribution >= 0.6 is 0 Å². The van der Waals surface area contributed by atoms with Crippen molar-refractivity contribution < 1.29 is 18.1 Å². The zero-order chi connectivity index (χ0) is 16.5. The van der Waals surface area contributed by atoms with Crippen LogP contribution in [0.4, 0.5) is 14.9 Å². The van der Waals surface area contributed by atoms with Crippen LogP contribution in [0.3, 0.4) is 0 Å². The van der Waals surface area contributed by atoms with Gasteiger partial charge >= 0.3 is 6.09 Å². The lowest BCUT2D eigenvalue weighted by molar-refractivity contribution is 0.160. The first-order valence-corrected chi connectivity index (χ1v) is 12.6. The summed E-state index contributed by atoms with van der Waals surface area (Å²) in [5.41, 5.74) is 1.37. The largest absolute Gasteiger partial charge is 0.449 e. The maximum absolute atomic E-state index is 13.8. The molecular weight excluding hydrogens is 321 g/mol. The zero-order valence-corrected chi connectivity index (χ0v) is 15.3. The number of halogens is 1. The Kier molecular flexibility index (Phi) is 5.06. The van der Waals surface area contributed by atoms with Gasteiger partial charge in [0.05, 0.1) is 28.0 Å². The van der Waals surface area contributed by atoms with Crippen molar-refractivity contribution in [2.75, 3.05) is 24.3 Å². The van der Waals surface area contributed by atoms with E-state index in [0.29, 0.717) is 25.3 Å². The standard InChI is InChI=1S/C15H22FNO3SSi/c1-21(19)14-10-13-11(9-12(14)16)5-6-17(13)15(18)20-7-8-22(2,3)4/h9-10H,5-8H2,1-4H3. The van der Waals surface area contributed by atoms with Crippen molar-refractivity contribution in [2.45, 2.75) is 37.0 Å². The third kappa shape index (κ3) is 3.95. The summed E-state index contributed by atoms with van der Waals surface area (Å²) in [6.45, 7) is 7.54. The molecule has 1 aromatic rings. The first-order chi connectivity index (χ1) is 10.2. The molecule has 1 aromatic carbocycles. The average molecular weight is 343 g/mol. The molecule has 1 aliphatic rings. The molecule has 1 aliphatic heterocycles. The van der Waals surface area contributed by atoms with Gasteiger partial charge in [-0.3, -0.25) is 9.11 Å². The molecule has 0 N–H and O–H groups in total. The maximum atomic E-state index is 13.8. The number of fused-ring (bicyclic) bond motifs is 1. The number of rotatable bonds is 4. The number of amides is 1. The topological polar surface area (TPSA) is 46.6 Å². The molecule has 1 atom stereocenters. The minimum Gasteiger partial charge on any atom is -0.449 e. The van der Waals surface area contributed by atoms with E-state index in [-0.39, 0.29) is 4.90 Å². The molecule has 0 radical (unpaired) electrons. The molecule has 0 saturated carbocycles. The van der Waals surface area contributed by atoms with Gasteiger partial charge in [0.25, 0.3) is 0 Å². The Morgan fingerprint density at radius 3 is 2.68 bits per heavy atom. The highest BCUT2D eigenvalue weighted by Gasteiger charge is 2.28. The number of carbonyl (C=O) groups is 1. The van der Waals surface area contributed by atoms with Gasteiger partial charge in [-0.2, -0.15) is 0 Å². The summed E-state index contributed by atoms with van der Waals surface area (Å²) in [6.07, 6.45) is 1.61. The van der Waals surface area contributed by atoms with E-state index in [4.69, 9.17) is 4.74 Å². The van der Waals surface area contributed by atoms with E-state index in [1.807, 2.05) is 0 Å². The molecule has 1 amide bonds. The van der Waals surface area contributed by atoms with Crippen LogP contribution in [0.5, 0.6) is 0 Å². The van der Waals surface area contributed by atoms with E-state index in [2.05, 4.69) is 19.6 Å². The van der Waals surface area contributed by atoms with Crippen LogP contribution in [0, 0.1) is 5.82 Å². The lowest BCUT2D eigenvalue weighted by Gasteiger charge is -2.20. The lowest BCUT2D eigenvalue weighted by Crippen LogP contribution is -2.31. The highest BCUT2D eigenvalue weighted by Crippen LogP contribution is 2.32. The second kappa shape index (κ2) is 6.50. The van der Waals surface area contributed by atoms with Crippen LogP contribution in [-0.2, 0) is 22.0 Å². The van der Waals surface area contributed by atoms with Gasteiger partial charge in [0.1, 0.15) is 5.82 Å². The van der Waals surface area contributed by atoms with Crippen LogP contribution in [0.2, 0.25) is 25.7 Å². The summed E-state index contributed by atoms with van der Waals surface area (Å²) in [5.74, 6) is -0.478. The van der Waals surface area contributed by atoms with Crippen molar-refractivity contribution >= 4 is 30.7 Å². The summed E-state index contributed by atoms with van der Waals surface area (Å²) in [5, 5.41) is 0. The van der Waals surface area contributed by atoms with E-state index in [1.54, 1.807) is 0 Å². The Balaban J connectivity index is 2.12. The Bertz CT molecular complexity index is 616. The molecule has 0 saturated heterocycles. The maximum Gasteiger partial charge on any atom is 0.414 e. The predicted octanol–water partition coefficient (Wildman–Crippen LogP) is 3.40. The number of benzene rings is 1. The number of ether oxygens (including phenoxy) is 1. The fourth-order valence-corrected chi connectivity index (χ4v) is 3.65. The molecule has 122 valence electrons. The van der Waals surface area contributed by atoms with Crippen molar-refractivity contribution in [3.05, 3.63) is 23.5 Å². The van der Waals surface area contributed by atoms with Crippen molar-refractivity contribution in [1.29, 1.82) is 0 Å². The van der Waals surface area contributed by atoms with Gasteiger partial charge in [0.15, 0.2) is 0 Å². The minimum absolute atomic E-state index is 0.126.